The number of hydrogen-bond acceptors (Lipinski definition) is 3. The number of ether oxygens (including phenoxy) is 1. The Kier molecular flexibility index (Phi) is 4.66. The zero-order chi connectivity index (χ0) is 16.4. The van der Waals surface area contributed by atoms with Crippen LogP contribution in [0.2, 0.25) is 0 Å². The lowest BCUT2D eigenvalue weighted by Crippen LogP contribution is -2.52. The maximum absolute atomic E-state index is 13.0. The van der Waals surface area contributed by atoms with Gasteiger partial charge in [-0.15, -0.1) is 0 Å². The van der Waals surface area contributed by atoms with Crippen LogP contribution in [0.15, 0.2) is 24.3 Å². The van der Waals surface area contributed by atoms with Gasteiger partial charge in [0.15, 0.2) is 0 Å². The molecule has 2 aliphatic rings. The first-order valence-corrected chi connectivity index (χ1v) is 8.33. The maximum Gasteiger partial charge on any atom is 0.255 e. The summed E-state index contributed by atoms with van der Waals surface area (Å²) in [5, 5.41) is 0. The Morgan fingerprint density at radius 1 is 1.22 bits per heavy atom. The lowest BCUT2D eigenvalue weighted by molar-refractivity contribution is -0.140. The van der Waals surface area contributed by atoms with Gasteiger partial charge in [0.1, 0.15) is 6.04 Å². The second-order valence-corrected chi connectivity index (χ2v) is 6.67. The molecule has 1 saturated heterocycles. The molecule has 0 aromatic heterocycles. The number of nitrogens with zero attached hydrogens (tertiary/aromatic N) is 2. The summed E-state index contributed by atoms with van der Waals surface area (Å²) in [5.41, 5.74) is 1.75. The van der Waals surface area contributed by atoms with E-state index in [0.717, 1.165) is 11.1 Å². The molecule has 0 aliphatic carbocycles. The molecule has 3 rings (SSSR count). The smallest absolute Gasteiger partial charge is 0.255 e. The number of hydrogen-bond donors (Lipinski definition) is 0. The predicted octanol–water partition coefficient (Wildman–Crippen LogP) is 1.92. The topological polar surface area (TPSA) is 49.9 Å². The van der Waals surface area contributed by atoms with E-state index < -0.39 is 0 Å². The van der Waals surface area contributed by atoms with Crippen LogP contribution in [0.1, 0.15) is 36.2 Å². The molecule has 1 fully saturated rings. The molecular weight excluding hydrogens is 292 g/mol. The fraction of sp³-hybridized carbons (Fsp3) is 0.556. The van der Waals surface area contributed by atoms with Crippen molar-refractivity contribution in [1.29, 1.82) is 0 Å². The molecule has 124 valence electrons. The van der Waals surface area contributed by atoms with E-state index in [4.69, 9.17) is 4.74 Å². The lowest BCUT2D eigenvalue weighted by Gasteiger charge is -2.35. The molecule has 5 heteroatoms. The van der Waals surface area contributed by atoms with Gasteiger partial charge in [-0.25, -0.2) is 0 Å². The van der Waals surface area contributed by atoms with Crippen molar-refractivity contribution in [2.75, 3.05) is 26.3 Å². The highest BCUT2D eigenvalue weighted by Crippen LogP contribution is 2.27. The molecule has 0 radical (unpaired) electrons. The normalized spacial score (nSPS) is 19.2. The van der Waals surface area contributed by atoms with E-state index in [0.29, 0.717) is 45.2 Å². The van der Waals surface area contributed by atoms with Gasteiger partial charge >= 0.3 is 0 Å². The molecule has 2 aliphatic heterocycles. The largest absolute Gasteiger partial charge is 0.378 e. The van der Waals surface area contributed by atoms with Crippen LogP contribution in [0.25, 0.3) is 0 Å². The number of fused-ring (bicyclic) bond motifs is 1. The third-order valence-corrected chi connectivity index (χ3v) is 4.53. The first-order valence-electron chi connectivity index (χ1n) is 8.33. The molecule has 0 saturated carbocycles. The SMILES string of the molecule is CC(C)C[C@@H](C(=O)N1CCOCC1)N1Cc2ccccc2C1=O. The monoisotopic (exact) mass is 316 g/mol. The van der Waals surface area contributed by atoms with Gasteiger partial charge in [-0.1, -0.05) is 32.0 Å². The summed E-state index contributed by atoms with van der Waals surface area (Å²) in [4.78, 5) is 29.3. The quantitative estimate of drug-likeness (QED) is 0.853. The molecule has 0 N–H and O–H groups in total. The van der Waals surface area contributed by atoms with Crippen LogP contribution in [0, 0.1) is 5.92 Å². The first-order chi connectivity index (χ1) is 11.1. The van der Waals surface area contributed by atoms with E-state index >= 15 is 0 Å². The Labute approximate surface area is 137 Å². The summed E-state index contributed by atoms with van der Waals surface area (Å²) in [6.45, 7) is 7.09. The molecule has 0 unspecified atom stereocenters. The number of rotatable bonds is 4. The van der Waals surface area contributed by atoms with Gasteiger partial charge in [-0.3, -0.25) is 9.59 Å². The van der Waals surface area contributed by atoms with Crippen molar-refractivity contribution in [3.05, 3.63) is 35.4 Å². The van der Waals surface area contributed by atoms with Crippen LogP contribution in [0.5, 0.6) is 0 Å². The van der Waals surface area contributed by atoms with E-state index in [1.54, 1.807) is 4.90 Å². The number of carbonyl (C=O) groups is 2. The second kappa shape index (κ2) is 6.71. The molecule has 0 bridgehead atoms. The highest BCUT2D eigenvalue weighted by Gasteiger charge is 2.38. The van der Waals surface area contributed by atoms with Gasteiger partial charge in [-0.05, 0) is 24.0 Å². The minimum absolute atomic E-state index is 0.0205. The summed E-state index contributed by atoms with van der Waals surface area (Å²) < 4.78 is 5.33. The molecule has 2 heterocycles. The Hall–Kier alpha value is -1.88. The van der Waals surface area contributed by atoms with E-state index in [1.165, 1.54) is 0 Å². The maximum atomic E-state index is 13.0. The fourth-order valence-corrected chi connectivity index (χ4v) is 3.33. The Morgan fingerprint density at radius 2 is 1.91 bits per heavy atom. The third-order valence-electron chi connectivity index (χ3n) is 4.53. The van der Waals surface area contributed by atoms with E-state index in [1.807, 2.05) is 29.2 Å². The average molecular weight is 316 g/mol. The molecule has 0 spiro atoms. The third kappa shape index (κ3) is 3.24. The summed E-state index contributed by atoms with van der Waals surface area (Å²) >= 11 is 0. The van der Waals surface area contributed by atoms with Crippen LogP contribution in [0.3, 0.4) is 0 Å². The van der Waals surface area contributed by atoms with Crippen LogP contribution in [0.4, 0.5) is 0 Å². The van der Waals surface area contributed by atoms with Crippen LogP contribution in [-0.2, 0) is 16.1 Å². The van der Waals surface area contributed by atoms with Crippen molar-refractivity contribution < 1.29 is 14.3 Å². The highest BCUT2D eigenvalue weighted by atomic mass is 16.5. The Balaban J connectivity index is 1.82. The molecule has 2 amide bonds. The Morgan fingerprint density at radius 3 is 2.57 bits per heavy atom. The minimum atomic E-state index is -0.381. The van der Waals surface area contributed by atoms with Crippen LogP contribution in [-0.4, -0.2) is 54.0 Å². The zero-order valence-electron chi connectivity index (χ0n) is 13.8. The van der Waals surface area contributed by atoms with Crippen molar-refractivity contribution >= 4 is 11.8 Å². The number of morpholine rings is 1. The standard InChI is InChI=1S/C18H24N2O3/c1-13(2)11-16(18(22)19-7-9-23-10-8-19)20-12-14-5-3-4-6-15(14)17(20)21/h3-6,13,16H,7-12H2,1-2H3/t16-/m0/s1. The number of benzene rings is 1. The van der Waals surface area contributed by atoms with Crippen molar-refractivity contribution in [2.45, 2.75) is 32.9 Å². The Bertz CT molecular complexity index is 594. The van der Waals surface area contributed by atoms with Gasteiger partial charge in [0.2, 0.25) is 5.91 Å². The van der Waals surface area contributed by atoms with Crippen LogP contribution < -0.4 is 0 Å². The van der Waals surface area contributed by atoms with Crippen molar-refractivity contribution in [1.82, 2.24) is 9.80 Å². The minimum Gasteiger partial charge on any atom is -0.378 e. The predicted molar refractivity (Wildman–Crippen MR) is 87.0 cm³/mol. The summed E-state index contributed by atoms with van der Waals surface area (Å²) in [7, 11) is 0. The molecule has 23 heavy (non-hydrogen) atoms. The first kappa shape index (κ1) is 16.0. The van der Waals surface area contributed by atoms with E-state index in [9.17, 15) is 9.59 Å². The van der Waals surface area contributed by atoms with Gasteiger partial charge in [-0.2, -0.15) is 0 Å². The summed E-state index contributed by atoms with van der Waals surface area (Å²) in [6.07, 6.45) is 0.690. The van der Waals surface area contributed by atoms with Gasteiger partial charge < -0.3 is 14.5 Å². The van der Waals surface area contributed by atoms with Gasteiger partial charge in [0.05, 0.1) is 13.2 Å². The highest BCUT2D eigenvalue weighted by molar-refractivity contribution is 6.01. The molecule has 1 aromatic carbocycles. The van der Waals surface area contributed by atoms with Crippen molar-refractivity contribution in [2.24, 2.45) is 5.92 Å². The zero-order valence-corrected chi connectivity index (χ0v) is 13.8. The van der Waals surface area contributed by atoms with Crippen molar-refractivity contribution in [3.8, 4) is 0 Å². The van der Waals surface area contributed by atoms with Crippen molar-refractivity contribution in [3.63, 3.8) is 0 Å². The molecule has 1 atom stereocenters. The average Bonchev–Trinajstić information content (AvgIpc) is 2.90. The van der Waals surface area contributed by atoms with Crippen LogP contribution >= 0.6 is 0 Å². The van der Waals surface area contributed by atoms with Gasteiger partial charge in [0.25, 0.3) is 5.91 Å². The number of carbonyl (C=O) groups excluding carboxylic acids is 2. The molecule has 1 aromatic rings. The summed E-state index contributed by atoms with van der Waals surface area (Å²) in [5.74, 6) is 0.387. The number of amides is 2. The second-order valence-electron chi connectivity index (χ2n) is 6.67. The summed E-state index contributed by atoms with van der Waals surface area (Å²) in [6, 6.07) is 7.26. The van der Waals surface area contributed by atoms with E-state index in [-0.39, 0.29) is 17.9 Å². The molecule has 5 nitrogen and oxygen atoms in total. The van der Waals surface area contributed by atoms with E-state index in [2.05, 4.69) is 13.8 Å². The lowest BCUT2D eigenvalue weighted by atomic mass is 10.0. The molecular formula is C18H24N2O3. The van der Waals surface area contributed by atoms with Gasteiger partial charge in [0, 0.05) is 25.2 Å². The fourth-order valence-electron chi connectivity index (χ4n) is 3.33.